The molecule has 19 heavy (non-hydrogen) atoms. The Balaban J connectivity index is 1.74. The fourth-order valence-corrected chi connectivity index (χ4v) is 2.67. The second-order valence-corrected chi connectivity index (χ2v) is 5.17. The number of hydrogen-bond donors (Lipinski definition) is 0. The van der Waals surface area contributed by atoms with Crippen LogP contribution in [0.25, 0.3) is 0 Å². The van der Waals surface area contributed by atoms with Crippen LogP contribution >= 0.6 is 0 Å². The van der Waals surface area contributed by atoms with E-state index in [4.69, 9.17) is 0 Å². The summed E-state index contributed by atoms with van der Waals surface area (Å²) in [6, 6.07) is 10.3. The topological polar surface area (TPSA) is 34.9 Å². The highest BCUT2D eigenvalue weighted by Crippen LogP contribution is 2.48. The van der Waals surface area contributed by atoms with Gasteiger partial charge in [-0.3, -0.25) is 4.79 Å². The molecule has 98 valence electrons. The number of nitrogens with zero attached hydrogens (tertiary/aromatic N) is 2. The highest BCUT2D eigenvalue weighted by atomic mass is 16.1. The molecule has 1 fully saturated rings. The lowest BCUT2D eigenvalue weighted by Crippen LogP contribution is -2.12. The van der Waals surface area contributed by atoms with Gasteiger partial charge in [0.15, 0.2) is 5.82 Å². The molecule has 1 aliphatic carbocycles. The highest BCUT2D eigenvalue weighted by molar-refractivity contribution is 5.97. The van der Waals surface area contributed by atoms with Crippen molar-refractivity contribution in [3.05, 3.63) is 54.1 Å². The maximum atomic E-state index is 12.5. The Morgan fingerprint density at radius 1 is 1.37 bits per heavy atom. The van der Waals surface area contributed by atoms with E-state index in [0.717, 1.165) is 19.4 Å². The number of benzene rings is 1. The number of imidazole rings is 1. The van der Waals surface area contributed by atoms with Gasteiger partial charge in [-0.1, -0.05) is 37.3 Å². The minimum atomic E-state index is 0.125. The van der Waals surface area contributed by atoms with Crippen LogP contribution in [0.3, 0.4) is 0 Å². The SMILES string of the molecule is CCCn1ccnc1C(=O)C1CC1c1ccccc1. The van der Waals surface area contributed by atoms with Crippen LogP contribution in [0.2, 0.25) is 0 Å². The third-order valence-electron chi connectivity index (χ3n) is 3.76. The molecule has 1 aliphatic rings. The zero-order chi connectivity index (χ0) is 13.2. The van der Waals surface area contributed by atoms with E-state index in [1.807, 2.05) is 29.0 Å². The van der Waals surface area contributed by atoms with E-state index in [9.17, 15) is 4.79 Å². The maximum absolute atomic E-state index is 12.5. The number of aromatic nitrogens is 2. The fraction of sp³-hybridized carbons (Fsp3) is 0.375. The number of Topliss-reactive ketones (excluding diaryl/α,β-unsaturated/α-hetero) is 1. The summed E-state index contributed by atoms with van der Waals surface area (Å²) in [6.07, 6.45) is 5.60. The first-order chi connectivity index (χ1) is 9.31. The summed E-state index contributed by atoms with van der Waals surface area (Å²) in [5.74, 6) is 1.35. The fourth-order valence-electron chi connectivity index (χ4n) is 2.67. The van der Waals surface area contributed by atoms with Crippen molar-refractivity contribution in [2.75, 3.05) is 0 Å². The van der Waals surface area contributed by atoms with Crippen molar-refractivity contribution in [1.82, 2.24) is 9.55 Å². The zero-order valence-electron chi connectivity index (χ0n) is 11.1. The molecular formula is C16H18N2O. The quantitative estimate of drug-likeness (QED) is 0.767. The first kappa shape index (κ1) is 12.2. The molecule has 0 aliphatic heterocycles. The molecule has 3 rings (SSSR count). The Hall–Kier alpha value is -1.90. The van der Waals surface area contributed by atoms with Gasteiger partial charge in [0.1, 0.15) is 0 Å². The minimum absolute atomic E-state index is 0.125. The predicted octanol–water partition coefficient (Wildman–Crippen LogP) is 3.28. The molecule has 0 saturated heterocycles. The molecule has 1 aromatic carbocycles. The second kappa shape index (κ2) is 5.00. The summed E-state index contributed by atoms with van der Waals surface area (Å²) in [5.41, 5.74) is 1.27. The van der Waals surface area contributed by atoms with Crippen LogP contribution in [0.5, 0.6) is 0 Å². The van der Waals surface area contributed by atoms with E-state index in [1.54, 1.807) is 6.20 Å². The summed E-state index contributed by atoms with van der Waals surface area (Å²) in [5, 5.41) is 0. The Kier molecular flexibility index (Phi) is 3.20. The molecule has 2 unspecified atom stereocenters. The van der Waals surface area contributed by atoms with Crippen molar-refractivity contribution >= 4 is 5.78 Å². The minimum Gasteiger partial charge on any atom is -0.329 e. The Morgan fingerprint density at radius 3 is 2.89 bits per heavy atom. The summed E-state index contributed by atoms with van der Waals surface area (Å²) < 4.78 is 1.97. The van der Waals surface area contributed by atoms with Crippen molar-refractivity contribution in [2.45, 2.75) is 32.2 Å². The summed E-state index contributed by atoms with van der Waals surface area (Å²) in [7, 11) is 0. The third-order valence-corrected chi connectivity index (χ3v) is 3.76. The number of carbonyl (C=O) groups excluding carboxylic acids is 1. The Bertz CT molecular complexity index is 573. The van der Waals surface area contributed by atoms with Gasteiger partial charge in [-0.25, -0.2) is 4.98 Å². The van der Waals surface area contributed by atoms with Gasteiger partial charge in [0, 0.05) is 24.9 Å². The molecule has 0 N–H and O–H groups in total. The van der Waals surface area contributed by atoms with Crippen LogP contribution in [0.4, 0.5) is 0 Å². The van der Waals surface area contributed by atoms with Gasteiger partial charge < -0.3 is 4.57 Å². The number of aryl methyl sites for hydroxylation is 1. The zero-order valence-corrected chi connectivity index (χ0v) is 11.1. The molecule has 3 heteroatoms. The van der Waals surface area contributed by atoms with Crippen molar-refractivity contribution < 1.29 is 4.79 Å². The summed E-state index contributed by atoms with van der Waals surface area (Å²) in [6.45, 7) is 2.97. The van der Waals surface area contributed by atoms with Gasteiger partial charge in [0.25, 0.3) is 0 Å². The molecular weight excluding hydrogens is 236 g/mol. The molecule has 1 heterocycles. The summed E-state index contributed by atoms with van der Waals surface area (Å²) in [4.78, 5) is 16.7. The number of hydrogen-bond acceptors (Lipinski definition) is 2. The normalized spacial score (nSPS) is 21.3. The van der Waals surface area contributed by atoms with Crippen LogP contribution in [0.1, 0.15) is 41.9 Å². The molecule has 1 aromatic heterocycles. The van der Waals surface area contributed by atoms with Gasteiger partial charge in [-0.2, -0.15) is 0 Å². The number of ketones is 1. The lowest BCUT2D eigenvalue weighted by atomic mass is 10.1. The van der Waals surface area contributed by atoms with E-state index in [1.165, 1.54) is 5.56 Å². The van der Waals surface area contributed by atoms with Crippen molar-refractivity contribution in [2.24, 2.45) is 5.92 Å². The largest absolute Gasteiger partial charge is 0.329 e. The van der Waals surface area contributed by atoms with Gasteiger partial charge in [-0.05, 0) is 24.3 Å². The second-order valence-electron chi connectivity index (χ2n) is 5.17. The smallest absolute Gasteiger partial charge is 0.201 e. The molecule has 3 nitrogen and oxygen atoms in total. The molecule has 1 saturated carbocycles. The van der Waals surface area contributed by atoms with E-state index in [0.29, 0.717) is 11.7 Å². The van der Waals surface area contributed by atoms with Crippen molar-refractivity contribution in [1.29, 1.82) is 0 Å². The first-order valence-corrected chi connectivity index (χ1v) is 6.91. The molecule has 0 amide bonds. The van der Waals surface area contributed by atoms with Crippen LogP contribution in [0, 0.1) is 5.92 Å². The molecule has 2 atom stereocenters. The molecule has 0 spiro atoms. The van der Waals surface area contributed by atoms with Crippen molar-refractivity contribution in [3.8, 4) is 0 Å². The maximum Gasteiger partial charge on any atom is 0.201 e. The third kappa shape index (κ3) is 2.33. The van der Waals surface area contributed by atoms with Gasteiger partial charge in [0.2, 0.25) is 5.78 Å². The average molecular weight is 254 g/mol. The van der Waals surface area contributed by atoms with Crippen LogP contribution < -0.4 is 0 Å². The molecule has 2 aromatic rings. The molecule has 0 bridgehead atoms. The van der Waals surface area contributed by atoms with E-state index in [-0.39, 0.29) is 11.7 Å². The first-order valence-electron chi connectivity index (χ1n) is 6.91. The van der Waals surface area contributed by atoms with Crippen LogP contribution in [-0.4, -0.2) is 15.3 Å². The lowest BCUT2D eigenvalue weighted by Gasteiger charge is -2.05. The van der Waals surface area contributed by atoms with Crippen LogP contribution in [-0.2, 0) is 6.54 Å². The van der Waals surface area contributed by atoms with Gasteiger partial charge in [0.05, 0.1) is 0 Å². The lowest BCUT2D eigenvalue weighted by molar-refractivity contribution is 0.0950. The molecule has 0 radical (unpaired) electrons. The van der Waals surface area contributed by atoms with E-state index in [2.05, 4.69) is 24.0 Å². The highest BCUT2D eigenvalue weighted by Gasteiger charge is 2.45. The van der Waals surface area contributed by atoms with Crippen molar-refractivity contribution in [3.63, 3.8) is 0 Å². The van der Waals surface area contributed by atoms with Gasteiger partial charge >= 0.3 is 0 Å². The van der Waals surface area contributed by atoms with E-state index < -0.39 is 0 Å². The monoisotopic (exact) mass is 254 g/mol. The average Bonchev–Trinajstić information content (AvgIpc) is 3.12. The predicted molar refractivity (Wildman–Crippen MR) is 74.1 cm³/mol. The number of carbonyl (C=O) groups is 1. The Morgan fingerprint density at radius 2 is 2.16 bits per heavy atom. The standard InChI is InChI=1S/C16H18N2O/c1-2-9-18-10-8-17-16(18)15(19)14-11-13(14)12-6-4-3-5-7-12/h3-8,10,13-14H,2,9,11H2,1H3. The number of rotatable bonds is 5. The summed E-state index contributed by atoms with van der Waals surface area (Å²) >= 11 is 0. The van der Waals surface area contributed by atoms with E-state index >= 15 is 0 Å². The Labute approximate surface area is 113 Å². The van der Waals surface area contributed by atoms with Crippen LogP contribution in [0.15, 0.2) is 42.7 Å². The van der Waals surface area contributed by atoms with Gasteiger partial charge in [-0.15, -0.1) is 0 Å².